The van der Waals surface area contributed by atoms with Gasteiger partial charge in [-0.1, -0.05) is 28.1 Å². The van der Waals surface area contributed by atoms with Gasteiger partial charge in [0.05, 0.1) is 0 Å². The maximum absolute atomic E-state index is 12.4. The van der Waals surface area contributed by atoms with Crippen LogP contribution in [0.2, 0.25) is 0 Å². The fraction of sp³-hybridized carbons (Fsp3) is 0.529. The first kappa shape index (κ1) is 18.7. The maximum Gasteiger partial charge on any atom is 0.325 e. The summed E-state index contributed by atoms with van der Waals surface area (Å²) < 4.78 is 11.6. The van der Waals surface area contributed by atoms with Gasteiger partial charge in [0.2, 0.25) is 0 Å². The second-order valence-electron chi connectivity index (χ2n) is 7.05. The van der Waals surface area contributed by atoms with E-state index in [9.17, 15) is 9.59 Å². The van der Waals surface area contributed by atoms with Gasteiger partial charge in [-0.15, -0.1) is 0 Å². The number of esters is 2. The number of halogens is 1. The van der Waals surface area contributed by atoms with Crippen LogP contribution in [0.1, 0.15) is 53.0 Å². The van der Waals surface area contributed by atoms with Gasteiger partial charge < -0.3 is 9.47 Å². The molecule has 0 fully saturated rings. The Hall–Kier alpha value is -1.36. The molecule has 1 aromatic rings. The van der Waals surface area contributed by atoms with E-state index in [4.69, 9.17) is 9.47 Å². The summed E-state index contributed by atoms with van der Waals surface area (Å²) in [4.78, 5) is 24.9. The Bertz CT molecular complexity index is 507. The maximum atomic E-state index is 12.4. The molecule has 1 aromatic carbocycles. The van der Waals surface area contributed by atoms with Gasteiger partial charge in [-0.3, -0.25) is 9.59 Å². The fourth-order valence-electron chi connectivity index (χ4n) is 1.75. The minimum atomic E-state index is -1.09. The molecule has 22 heavy (non-hydrogen) atoms. The van der Waals surface area contributed by atoms with E-state index in [-0.39, 0.29) is 0 Å². The minimum Gasteiger partial charge on any atom is -0.459 e. The number of rotatable bonds is 3. The topological polar surface area (TPSA) is 52.6 Å². The Morgan fingerprint density at radius 1 is 0.864 bits per heavy atom. The van der Waals surface area contributed by atoms with E-state index in [2.05, 4.69) is 15.9 Å². The van der Waals surface area contributed by atoms with Crippen LogP contribution in [0.3, 0.4) is 0 Å². The lowest BCUT2D eigenvalue weighted by molar-refractivity contribution is -0.169. The highest BCUT2D eigenvalue weighted by molar-refractivity contribution is 9.10. The number of carbonyl (C=O) groups is 2. The number of ether oxygens (including phenoxy) is 2. The smallest absolute Gasteiger partial charge is 0.325 e. The molecule has 0 spiro atoms. The molecule has 0 N–H and O–H groups in total. The van der Waals surface area contributed by atoms with E-state index in [0.29, 0.717) is 5.56 Å². The molecule has 0 aliphatic rings. The number of carbonyl (C=O) groups excluding carboxylic acids is 2. The number of benzene rings is 1. The summed E-state index contributed by atoms with van der Waals surface area (Å²) in [5, 5.41) is 0. The highest BCUT2D eigenvalue weighted by Crippen LogP contribution is 2.26. The number of hydrogen-bond donors (Lipinski definition) is 0. The summed E-state index contributed by atoms with van der Waals surface area (Å²) in [7, 11) is 0. The van der Waals surface area contributed by atoms with Crippen molar-refractivity contribution in [1.29, 1.82) is 0 Å². The molecule has 5 heteroatoms. The molecule has 0 heterocycles. The van der Waals surface area contributed by atoms with E-state index >= 15 is 0 Å². The van der Waals surface area contributed by atoms with Crippen LogP contribution in [0.4, 0.5) is 0 Å². The van der Waals surface area contributed by atoms with Crippen molar-refractivity contribution in [2.24, 2.45) is 0 Å². The fourth-order valence-corrected chi connectivity index (χ4v) is 2.01. The third kappa shape index (κ3) is 6.18. The molecule has 4 nitrogen and oxygen atoms in total. The van der Waals surface area contributed by atoms with E-state index < -0.39 is 29.1 Å². The highest BCUT2D eigenvalue weighted by atomic mass is 79.9. The molecular weight excluding hydrogens is 348 g/mol. The van der Waals surface area contributed by atoms with E-state index in [0.717, 1.165) is 4.47 Å². The molecule has 0 aliphatic heterocycles. The standard InChI is InChI=1S/C17H23BrO4/c1-16(2,3)21-14(19)13(15(20)22-17(4,5)6)11-7-9-12(18)10-8-11/h7-10,13H,1-6H3. The molecule has 0 radical (unpaired) electrons. The van der Waals surface area contributed by atoms with E-state index in [1.807, 2.05) is 0 Å². The van der Waals surface area contributed by atoms with Crippen molar-refractivity contribution in [3.8, 4) is 0 Å². The highest BCUT2D eigenvalue weighted by Gasteiger charge is 2.36. The average Bonchev–Trinajstić information content (AvgIpc) is 2.27. The van der Waals surface area contributed by atoms with Crippen molar-refractivity contribution in [1.82, 2.24) is 0 Å². The lowest BCUT2D eigenvalue weighted by Crippen LogP contribution is -2.35. The van der Waals surface area contributed by atoms with Crippen molar-refractivity contribution in [2.75, 3.05) is 0 Å². The van der Waals surface area contributed by atoms with Crippen molar-refractivity contribution in [2.45, 2.75) is 58.7 Å². The summed E-state index contributed by atoms with van der Waals surface area (Å²) in [6.07, 6.45) is 0. The van der Waals surface area contributed by atoms with Crippen molar-refractivity contribution < 1.29 is 19.1 Å². The Kier molecular flexibility index (Phi) is 5.79. The van der Waals surface area contributed by atoms with E-state index in [1.54, 1.807) is 65.8 Å². The van der Waals surface area contributed by atoms with Crippen LogP contribution in [0, 0.1) is 0 Å². The summed E-state index contributed by atoms with van der Waals surface area (Å²) in [6.45, 7) is 10.6. The molecule has 0 saturated carbocycles. The zero-order chi connectivity index (χ0) is 17.1. The minimum absolute atomic E-state index is 0.548. The molecule has 1 rings (SSSR count). The molecule has 122 valence electrons. The quantitative estimate of drug-likeness (QED) is 0.590. The molecule has 0 aromatic heterocycles. The van der Waals surface area contributed by atoms with Crippen LogP contribution in [0.25, 0.3) is 0 Å². The first-order chi connectivity index (χ1) is 9.89. The summed E-state index contributed by atoms with van der Waals surface area (Å²) in [5.74, 6) is -2.31. The summed E-state index contributed by atoms with van der Waals surface area (Å²) in [6, 6.07) is 6.97. The van der Waals surface area contributed by atoms with Crippen LogP contribution in [0.15, 0.2) is 28.7 Å². The first-order valence-electron chi connectivity index (χ1n) is 7.10. The van der Waals surface area contributed by atoms with Crippen molar-refractivity contribution in [3.05, 3.63) is 34.3 Å². The van der Waals surface area contributed by atoms with Crippen molar-refractivity contribution >= 4 is 27.9 Å². The third-order valence-corrected chi connectivity index (χ3v) is 3.02. The van der Waals surface area contributed by atoms with E-state index in [1.165, 1.54) is 0 Å². The van der Waals surface area contributed by atoms with Gasteiger partial charge in [-0.25, -0.2) is 0 Å². The second kappa shape index (κ2) is 6.82. The zero-order valence-electron chi connectivity index (χ0n) is 13.9. The SMILES string of the molecule is CC(C)(C)OC(=O)C(C(=O)OC(C)(C)C)c1ccc(Br)cc1. The molecule has 0 atom stereocenters. The van der Waals surface area contributed by atoms with Gasteiger partial charge in [-0.2, -0.15) is 0 Å². The Labute approximate surface area is 140 Å². The zero-order valence-corrected chi connectivity index (χ0v) is 15.5. The largest absolute Gasteiger partial charge is 0.459 e. The predicted molar refractivity (Wildman–Crippen MR) is 88.6 cm³/mol. The van der Waals surface area contributed by atoms with Gasteiger partial charge in [0.25, 0.3) is 0 Å². The average molecular weight is 371 g/mol. The van der Waals surface area contributed by atoms with Gasteiger partial charge in [0, 0.05) is 4.47 Å². The van der Waals surface area contributed by atoms with Gasteiger partial charge >= 0.3 is 11.9 Å². The van der Waals surface area contributed by atoms with Crippen molar-refractivity contribution in [3.63, 3.8) is 0 Å². The van der Waals surface area contributed by atoms with Crippen LogP contribution < -0.4 is 0 Å². The lowest BCUT2D eigenvalue weighted by atomic mass is 9.98. The summed E-state index contributed by atoms with van der Waals surface area (Å²) >= 11 is 3.33. The van der Waals surface area contributed by atoms with Gasteiger partial charge in [0.1, 0.15) is 11.2 Å². The Balaban J connectivity index is 3.12. The molecule has 0 bridgehead atoms. The van der Waals surface area contributed by atoms with Crippen LogP contribution in [-0.2, 0) is 19.1 Å². The summed E-state index contributed by atoms with van der Waals surface area (Å²) in [5.41, 5.74) is -0.800. The van der Waals surface area contributed by atoms with Gasteiger partial charge in [0.15, 0.2) is 5.92 Å². The molecular formula is C17H23BrO4. The van der Waals surface area contributed by atoms with Crippen LogP contribution >= 0.6 is 15.9 Å². The monoisotopic (exact) mass is 370 g/mol. The molecule has 0 unspecified atom stereocenters. The molecule has 0 aliphatic carbocycles. The Morgan fingerprint density at radius 2 is 1.23 bits per heavy atom. The number of hydrogen-bond acceptors (Lipinski definition) is 4. The second-order valence-corrected chi connectivity index (χ2v) is 7.97. The normalized spacial score (nSPS) is 12.2. The molecule has 0 amide bonds. The van der Waals surface area contributed by atoms with Gasteiger partial charge in [-0.05, 0) is 59.2 Å². The van der Waals surface area contributed by atoms with Crippen LogP contribution in [0.5, 0.6) is 0 Å². The molecule has 0 saturated heterocycles. The van der Waals surface area contributed by atoms with Crippen LogP contribution in [-0.4, -0.2) is 23.1 Å². The third-order valence-electron chi connectivity index (χ3n) is 2.49. The lowest BCUT2D eigenvalue weighted by Gasteiger charge is -2.26. The predicted octanol–water partition coefficient (Wildman–Crippen LogP) is 4.22. The Morgan fingerprint density at radius 3 is 1.55 bits per heavy atom. The first-order valence-corrected chi connectivity index (χ1v) is 7.89.